The number of carbonyl (C=O) groups excluding carboxylic acids is 1. The second-order valence-corrected chi connectivity index (χ2v) is 6.93. The maximum Gasteiger partial charge on any atom is 0.393 e. The molecule has 1 aromatic heterocycles. The predicted octanol–water partition coefficient (Wildman–Crippen LogP) is 2.60. The third-order valence-electron chi connectivity index (χ3n) is 3.11. The van der Waals surface area contributed by atoms with E-state index >= 15 is 0 Å². The lowest BCUT2D eigenvalue weighted by Gasteiger charge is -2.08. The van der Waals surface area contributed by atoms with Crippen molar-refractivity contribution in [2.24, 2.45) is 0 Å². The third-order valence-corrected chi connectivity index (χ3v) is 4.47. The van der Waals surface area contributed by atoms with Gasteiger partial charge in [0.25, 0.3) is 15.9 Å². The molecule has 2 rings (SSSR count). The Balaban J connectivity index is 2.05. The SMILES string of the molecule is O=C(/C=C/c1ccc(C(=O)O)o1)NS(=O)(=O)c1ccc(CC(F)(F)F)cc1. The first kappa shape index (κ1) is 20.2. The molecule has 1 amide bonds. The van der Waals surface area contributed by atoms with E-state index in [0.29, 0.717) is 0 Å². The molecule has 0 radical (unpaired) electrons. The summed E-state index contributed by atoms with van der Waals surface area (Å²) in [6.07, 6.45) is -3.76. The summed E-state index contributed by atoms with van der Waals surface area (Å²) < 4.78 is 67.6. The van der Waals surface area contributed by atoms with E-state index in [1.807, 2.05) is 0 Å². The van der Waals surface area contributed by atoms with Crippen LogP contribution in [0.4, 0.5) is 13.2 Å². The summed E-state index contributed by atoms with van der Waals surface area (Å²) in [4.78, 5) is 22.0. The largest absolute Gasteiger partial charge is 0.475 e. The van der Waals surface area contributed by atoms with Crippen molar-refractivity contribution in [3.05, 3.63) is 59.6 Å². The van der Waals surface area contributed by atoms with Crippen LogP contribution in [-0.4, -0.2) is 31.6 Å². The maximum atomic E-state index is 12.3. The lowest BCUT2D eigenvalue weighted by atomic mass is 10.1. The van der Waals surface area contributed by atoms with Gasteiger partial charge in [0, 0.05) is 6.08 Å². The van der Waals surface area contributed by atoms with E-state index in [4.69, 9.17) is 9.52 Å². The molecule has 7 nitrogen and oxygen atoms in total. The molecule has 0 bridgehead atoms. The van der Waals surface area contributed by atoms with Gasteiger partial charge in [-0.05, 0) is 35.9 Å². The molecule has 144 valence electrons. The number of benzene rings is 1. The molecule has 0 aliphatic carbocycles. The summed E-state index contributed by atoms with van der Waals surface area (Å²) in [6.45, 7) is 0. The highest BCUT2D eigenvalue weighted by molar-refractivity contribution is 7.90. The Morgan fingerprint density at radius 3 is 2.26 bits per heavy atom. The fourth-order valence-electron chi connectivity index (χ4n) is 1.96. The van der Waals surface area contributed by atoms with Crippen molar-refractivity contribution in [3.63, 3.8) is 0 Å². The zero-order valence-corrected chi connectivity index (χ0v) is 14.2. The number of hydrogen-bond acceptors (Lipinski definition) is 5. The number of halogens is 3. The predicted molar refractivity (Wildman–Crippen MR) is 86.2 cm³/mol. The number of carbonyl (C=O) groups is 2. The van der Waals surface area contributed by atoms with Crippen LogP contribution in [0.3, 0.4) is 0 Å². The highest BCUT2D eigenvalue weighted by Gasteiger charge is 2.27. The average molecular weight is 403 g/mol. The van der Waals surface area contributed by atoms with Crippen molar-refractivity contribution in [1.82, 2.24) is 4.72 Å². The molecule has 0 aliphatic rings. The lowest BCUT2D eigenvalue weighted by Crippen LogP contribution is -2.29. The fourth-order valence-corrected chi connectivity index (χ4v) is 2.90. The second-order valence-electron chi connectivity index (χ2n) is 5.25. The first-order chi connectivity index (χ1) is 12.5. The normalized spacial score (nSPS) is 12.3. The molecular formula is C16H12F3NO6S. The molecular weight excluding hydrogens is 391 g/mol. The summed E-state index contributed by atoms with van der Waals surface area (Å²) in [6, 6.07) is 6.32. The number of furan rings is 1. The number of sulfonamides is 1. The molecule has 0 saturated heterocycles. The molecule has 0 spiro atoms. The Hall–Kier alpha value is -3.08. The van der Waals surface area contributed by atoms with E-state index in [2.05, 4.69) is 0 Å². The van der Waals surface area contributed by atoms with Crippen LogP contribution in [0.15, 0.2) is 51.8 Å². The van der Waals surface area contributed by atoms with Crippen LogP contribution in [0.25, 0.3) is 6.08 Å². The molecule has 2 N–H and O–H groups in total. The number of carboxylic acids is 1. The van der Waals surface area contributed by atoms with Gasteiger partial charge in [0.1, 0.15) is 5.76 Å². The van der Waals surface area contributed by atoms with Gasteiger partial charge in [-0.1, -0.05) is 12.1 Å². The number of nitrogens with one attached hydrogen (secondary N) is 1. The quantitative estimate of drug-likeness (QED) is 0.717. The first-order valence-electron chi connectivity index (χ1n) is 7.20. The highest BCUT2D eigenvalue weighted by atomic mass is 32.2. The van der Waals surface area contributed by atoms with E-state index in [-0.39, 0.29) is 22.0 Å². The van der Waals surface area contributed by atoms with Crippen LogP contribution in [0.2, 0.25) is 0 Å². The summed E-state index contributed by atoms with van der Waals surface area (Å²) >= 11 is 0. The van der Waals surface area contributed by atoms with Crippen LogP contribution >= 0.6 is 0 Å². The summed E-state index contributed by atoms with van der Waals surface area (Å²) in [7, 11) is -4.29. The number of carboxylic acid groups (broad SMARTS) is 1. The van der Waals surface area contributed by atoms with Gasteiger partial charge in [-0.25, -0.2) is 17.9 Å². The molecule has 2 aromatic rings. The van der Waals surface area contributed by atoms with Crippen molar-refractivity contribution in [2.75, 3.05) is 0 Å². The molecule has 0 atom stereocenters. The lowest BCUT2D eigenvalue weighted by molar-refractivity contribution is -0.127. The zero-order chi connectivity index (χ0) is 20.2. The molecule has 1 aromatic carbocycles. The van der Waals surface area contributed by atoms with Gasteiger partial charge in [0.15, 0.2) is 0 Å². The Labute approximate surface area is 151 Å². The average Bonchev–Trinajstić information content (AvgIpc) is 3.01. The van der Waals surface area contributed by atoms with Gasteiger partial charge in [0.2, 0.25) is 5.76 Å². The Kier molecular flexibility index (Phi) is 5.74. The number of aromatic carboxylic acids is 1. The fraction of sp³-hybridized carbons (Fsp3) is 0.125. The summed E-state index contributed by atoms with van der Waals surface area (Å²) in [5.74, 6) is -2.71. The minimum atomic E-state index is -4.42. The second kappa shape index (κ2) is 7.66. The standard InChI is InChI=1S/C16H12F3NO6S/c17-16(18,19)9-10-1-5-12(6-2-10)27(24,25)20-14(21)8-4-11-3-7-13(26-11)15(22)23/h1-8H,9H2,(H,20,21)(H,22,23)/b8-4+. The molecule has 0 unspecified atom stereocenters. The minimum Gasteiger partial charge on any atom is -0.475 e. The smallest absolute Gasteiger partial charge is 0.393 e. The van der Waals surface area contributed by atoms with Gasteiger partial charge in [-0.15, -0.1) is 0 Å². The molecule has 0 fully saturated rings. The highest BCUT2D eigenvalue weighted by Crippen LogP contribution is 2.22. The Morgan fingerprint density at radius 2 is 1.74 bits per heavy atom. The minimum absolute atomic E-state index is 0.0106. The van der Waals surface area contributed by atoms with Crippen molar-refractivity contribution < 1.29 is 40.7 Å². The van der Waals surface area contributed by atoms with E-state index in [0.717, 1.165) is 42.5 Å². The molecule has 27 heavy (non-hydrogen) atoms. The van der Waals surface area contributed by atoms with Crippen LogP contribution in [0.5, 0.6) is 0 Å². The van der Waals surface area contributed by atoms with Crippen molar-refractivity contribution in [3.8, 4) is 0 Å². The van der Waals surface area contributed by atoms with Crippen LogP contribution < -0.4 is 4.72 Å². The van der Waals surface area contributed by atoms with Gasteiger partial charge in [-0.3, -0.25) is 4.79 Å². The van der Waals surface area contributed by atoms with E-state index in [9.17, 15) is 31.2 Å². The van der Waals surface area contributed by atoms with E-state index in [1.165, 1.54) is 6.07 Å². The van der Waals surface area contributed by atoms with Crippen molar-refractivity contribution in [2.45, 2.75) is 17.5 Å². The maximum absolute atomic E-state index is 12.3. The van der Waals surface area contributed by atoms with E-state index < -0.39 is 34.5 Å². The van der Waals surface area contributed by atoms with Crippen LogP contribution in [0.1, 0.15) is 21.9 Å². The molecule has 1 heterocycles. The Bertz CT molecular complexity index is 974. The number of hydrogen-bond donors (Lipinski definition) is 2. The number of rotatable bonds is 6. The van der Waals surface area contributed by atoms with Crippen LogP contribution in [0, 0.1) is 0 Å². The van der Waals surface area contributed by atoms with Gasteiger partial charge in [0.05, 0.1) is 11.3 Å². The van der Waals surface area contributed by atoms with Crippen molar-refractivity contribution >= 4 is 28.0 Å². The number of alkyl halides is 3. The van der Waals surface area contributed by atoms with Gasteiger partial charge in [-0.2, -0.15) is 13.2 Å². The van der Waals surface area contributed by atoms with Gasteiger partial charge >= 0.3 is 12.1 Å². The zero-order valence-electron chi connectivity index (χ0n) is 13.4. The molecule has 0 saturated carbocycles. The van der Waals surface area contributed by atoms with Crippen molar-refractivity contribution in [1.29, 1.82) is 0 Å². The summed E-state index contributed by atoms with van der Waals surface area (Å²) in [5.41, 5.74) is -0.125. The van der Waals surface area contributed by atoms with Crippen LogP contribution in [-0.2, 0) is 21.2 Å². The number of amides is 1. The monoisotopic (exact) mass is 403 g/mol. The van der Waals surface area contributed by atoms with E-state index in [1.54, 1.807) is 4.72 Å². The van der Waals surface area contributed by atoms with Gasteiger partial charge < -0.3 is 9.52 Å². The first-order valence-corrected chi connectivity index (χ1v) is 8.68. The topological polar surface area (TPSA) is 114 Å². The molecule has 11 heteroatoms. The Morgan fingerprint density at radius 1 is 1.11 bits per heavy atom. The summed E-state index contributed by atoms with van der Waals surface area (Å²) in [5, 5.41) is 8.70. The molecule has 0 aliphatic heterocycles. The third kappa shape index (κ3) is 5.99.